The molecule has 1 atom stereocenters. The molecule has 0 spiro atoms. The van der Waals surface area contributed by atoms with Crippen LogP contribution >= 0.6 is 0 Å². The van der Waals surface area contributed by atoms with E-state index in [2.05, 4.69) is 0 Å². The molecule has 0 aliphatic carbocycles. The number of carbonyl (C=O) groups is 1. The van der Waals surface area contributed by atoms with Crippen molar-refractivity contribution in [2.45, 2.75) is 5.25 Å². The fraction of sp³-hybridized carbons (Fsp3) is 0.222. The van der Waals surface area contributed by atoms with Crippen molar-refractivity contribution in [3.8, 4) is 0 Å². The van der Waals surface area contributed by atoms with Gasteiger partial charge in [0.15, 0.2) is 15.6 Å². The van der Waals surface area contributed by atoms with Crippen molar-refractivity contribution in [3.63, 3.8) is 0 Å². The molecule has 0 saturated carbocycles. The van der Waals surface area contributed by atoms with Crippen LogP contribution in [0.3, 0.4) is 0 Å². The van der Waals surface area contributed by atoms with Gasteiger partial charge in [-0.15, -0.1) is 0 Å². The van der Waals surface area contributed by atoms with Gasteiger partial charge in [-0.05, 0) is 5.56 Å². The van der Waals surface area contributed by atoms with E-state index >= 15 is 0 Å². The Balaban J connectivity index is 2.43. The van der Waals surface area contributed by atoms with Gasteiger partial charge in [-0.3, -0.25) is 4.79 Å². The van der Waals surface area contributed by atoms with Gasteiger partial charge in [0.05, 0.1) is 0 Å². The molecule has 1 heterocycles. The summed E-state index contributed by atoms with van der Waals surface area (Å²) < 4.78 is 22.4. The van der Waals surface area contributed by atoms with Crippen LogP contribution in [0.1, 0.15) is 10.8 Å². The molecule has 1 aliphatic rings. The van der Waals surface area contributed by atoms with E-state index in [-0.39, 0.29) is 11.5 Å². The Kier molecular flexibility index (Phi) is 1.73. The van der Waals surface area contributed by atoms with Gasteiger partial charge in [0.2, 0.25) is 0 Å². The molecule has 3 nitrogen and oxygen atoms in total. The Labute approximate surface area is 76.3 Å². The van der Waals surface area contributed by atoms with Gasteiger partial charge in [0.1, 0.15) is 11.0 Å². The SMILES string of the molecule is O=C1CS(=O)(=O)C1c1ccccc1. The molecule has 1 saturated heterocycles. The van der Waals surface area contributed by atoms with Crippen LogP contribution in [0, 0.1) is 0 Å². The molecule has 0 radical (unpaired) electrons. The summed E-state index contributed by atoms with van der Waals surface area (Å²) in [5.41, 5.74) is 0.582. The van der Waals surface area contributed by atoms with E-state index < -0.39 is 15.1 Å². The molecule has 0 bridgehead atoms. The molecular weight excluding hydrogens is 188 g/mol. The Morgan fingerprint density at radius 2 is 1.77 bits per heavy atom. The van der Waals surface area contributed by atoms with Crippen LogP contribution in [-0.2, 0) is 14.6 Å². The summed E-state index contributed by atoms with van der Waals surface area (Å²) >= 11 is 0. The van der Waals surface area contributed by atoms with Crippen molar-refractivity contribution >= 4 is 15.6 Å². The molecule has 1 unspecified atom stereocenters. The third-order valence-corrected chi connectivity index (χ3v) is 4.04. The standard InChI is InChI=1S/C9H8O3S/c10-8-6-13(11,12)9(8)7-4-2-1-3-5-7/h1-5,9H,6H2. The number of carbonyl (C=O) groups excluding carboxylic acids is 1. The number of hydrogen-bond acceptors (Lipinski definition) is 3. The van der Waals surface area contributed by atoms with E-state index in [9.17, 15) is 13.2 Å². The van der Waals surface area contributed by atoms with Gasteiger partial charge in [-0.2, -0.15) is 0 Å². The van der Waals surface area contributed by atoms with Crippen LogP contribution in [-0.4, -0.2) is 20.0 Å². The minimum absolute atomic E-state index is 0.203. The first-order chi connectivity index (χ1) is 6.11. The molecule has 1 fully saturated rings. The Morgan fingerprint density at radius 1 is 1.15 bits per heavy atom. The highest BCUT2D eigenvalue weighted by atomic mass is 32.2. The quantitative estimate of drug-likeness (QED) is 0.665. The largest absolute Gasteiger partial charge is 0.297 e. The van der Waals surface area contributed by atoms with Gasteiger partial charge in [-0.1, -0.05) is 30.3 Å². The van der Waals surface area contributed by atoms with Crippen LogP contribution in [0.4, 0.5) is 0 Å². The normalized spacial score (nSPS) is 25.2. The average molecular weight is 196 g/mol. The molecule has 0 aromatic heterocycles. The van der Waals surface area contributed by atoms with Gasteiger partial charge >= 0.3 is 0 Å². The summed E-state index contributed by atoms with van der Waals surface area (Å²) in [6.45, 7) is 0. The third-order valence-electron chi connectivity index (χ3n) is 2.10. The lowest BCUT2D eigenvalue weighted by Crippen LogP contribution is -2.40. The summed E-state index contributed by atoms with van der Waals surface area (Å²) in [5, 5.41) is -0.895. The van der Waals surface area contributed by atoms with Crippen LogP contribution in [0.15, 0.2) is 30.3 Å². The minimum atomic E-state index is -3.17. The smallest absolute Gasteiger partial charge is 0.171 e. The zero-order valence-electron chi connectivity index (χ0n) is 6.80. The molecule has 0 N–H and O–H groups in total. The second kappa shape index (κ2) is 2.67. The molecular formula is C9H8O3S. The number of benzene rings is 1. The third kappa shape index (κ3) is 1.27. The molecule has 1 aromatic carbocycles. The monoisotopic (exact) mass is 196 g/mol. The van der Waals surface area contributed by atoms with Gasteiger partial charge in [-0.25, -0.2) is 8.42 Å². The van der Waals surface area contributed by atoms with Crippen molar-refractivity contribution in [1.29, 1.82) is 0 Å². The first kappa shape index (κ1) is 8.44. The van der Waals surface area contributed by atoms with Crippen molar-refractivity contribution < 1.29 is 13.2 Å². The highest BCUT2D eigenvalue weighted by Crippen LogP contribution is 2.32. The van der Waals surface area contributed by atoms with Crippen molar-refractivity contribution in [2.75, 3.05) is 5.75 Å². The van der Waals surface area contributed by atoms with E-state index in [0.29, 0.717) is 5.56 Å². The van der Waals surface area contributed by atoms with E-state index in [1.54, 1.807) is 30.3 Å². The molecule has 4 heteroatoms. The van der Waals surface area contributed by atoms with Crippen LogP contribution < -0.4 is 0 Å². The summed E-state index contributed by atoms with van der Waals surface area (Å²) in [5.74, 6) is -0.502. The number of ketones is 1. The number of Topliss-reactive ketones (excluding diaryl/α,β-unsaturated/α-hetero) is 1. The van der Waals surface area contributed by atoms with E-state index in [0.717, 1.165) is 0 Å². The Hall–Kier alpha value is -1.16. The first-order valence-electron chi connectivity index (χ1n) is 3.90. The Morgan fingerprint density at radius 3 is 2.23 bits per heavy atom. The fourth-order valence-electron chi connectivity index (χ4n) is 1.48. The average Bonchev–Trinajstić information content (AvgIpc) is 2.04. The van der Waals surface area contributed by atoms with Gasteiger partial charge in [0.25, 0.3) is 0 Å². The van der Waals surface area contributed by atoms with Gasteiger partial charge in [0, 0.05) is 0 Å². The van der Waals surface area contributed by atoms with Crippen LogP contribution in [0.25, 0.3) is 0 Å². The number of sulfone groups is 1. The predicted octanol–water partition coefficient (Wildman–Crippen LogP) is 0.725. The van der Waals surface area contributed by atoms with Crippen molar-refractivity contribution in [3.05, 3.63) is 35.9 Å². The molecule has 1 aliphatic heterocycles. The maximum Gasteiger partial charge on any atom is 0.171 e. The second-order valence-electron chi connectivity index (χ2n) is 3.06. The predicted molar refractivity (Wildman–Crippen MR) is 48.0 cm³/mol. The van der Waals surface area contributed by atoms with E-state index in [1.807, 2.05) is 0 Å². The minimum Gasteiger partial charge on any atom is -0.297 e. The van der Waals surface area contributed by atoms with E-state index in [1.165, 1.54) is 0 Å². The number of rotatable bonds is 1. The lowest BCUT2D eigenvalue weighted by Gasteiger charge is -2.24. The Bertz CT molecular complexity index is 433. The fourth-order valence-corrected chi connectivity index (χ4v) is 2.97. The maximum atomic E-state index is 11.2. The maximum absolute atomic E-state index is 11.2. The molecule has 13 heavy (non-hydrogen) atoms. The number of hydrogen-bond donors (Lipinski definition) is 0. The lowest BCUT2D eigenvalue weighted by molar-refractivity contribution is -0.117. The molecule has 1 aromatic rings. The zero-order valence-corrected chi connectivity index (χ0v) is 7.62. The highest BCUT2D eigenvalue weighted by molar-refractivity contribution is 7.95. The first-order valence-corrected chi connectivity index (χ1v) is 5.62. The summed E-state index contributed by atoms with van der Waals surface area (Å²) in [7, 11) is -3.17. The summed E-state index contributed by atoms with van der Waals surface area (Å²) in [4.78, 5) is 11.1. The summed E-state index contributed by atoms with van der Waals surface area (Å²) in [6.07, 6.45) is 0. The van der Waals surface area contributed by atoms with Crippen molar-refractivity contribution in [2.24, 2.45) is 0 Å². The van der Waals surface area contributed by atoms with Gasteiger partial charge < -0.3 is 0 Å². The highest BCUT2D eigenvalue weighted by Gasteiger charge is 2.45. The molecule has 0 amide bonds. The topological polar surface area (TPSA) is 51.2 Å². The van der Waals surface area contributed by atoms with Crippen LogP contribution in [0.2, 0.25) is 0 Å². The molecule has 68 valence electrons. The van der Waals surface area contributed by atoms with E-state index in [4.69, 9.17) is 0 Å². The molecule has 2 rings (SSSR count). The summed E-state index contributed by atoms with van der Waals surface area (Å²) in [6, 6.07) is 8.59. The van der Waals surface area contributed by atoms with Crippen LogP contribution in [0.5, 0.6) is 0 Å². The van der Waals surface area contributed by atoms with Crippen molar-refractivity contribution in [1.82, 2.24) is 0 Å². The second-order valence-corrected chi connectivity index (χ2v) is 5.15. The lowest BCUT2D eigenvalue weighted by atomic mass is 10.1. The zero-order chi connectivity index (χ0) is 9.47.